The van der Waals surface area contributed by atoms with Gasteiger partial charge in [-0.1, -0.05) is 17.3 Å². The molecule has 88 valence electrons. The van der Waals surface area contributed by atoms with Crippen LogP contribution in [0.4, 0.5) is 0 Å². The minimum atomic E-state index is -1.15. The molecule has 1 aromatic heterocycles. The van der Waals surface area contributed by atoms with Crippen LogP contribution in [0, 0.1) is 6.92 Å². The van der Waals surface area contributed by atoms with Crippen molar-refractivity contribution >= 4 is 5.97 Å². The average Bonchev–Trinajstić information content (AvgIpc) is 2.77. The minimum absolute atomic E-state index is 0.188. The number of rotatable bonds is 3. The van der Waals surface area contributed by atoms with Crippen LogP contribution in [-0.4, -0.2) is 23.3 Å². The van der Waals surface area contributed by atoms with Gasteiger partial charge in [0.1, 0.15) is 5.75 Å². The molecule has 1 N–H and O–H groups in total. The fourth-order valence-corrected chi connectivity index (χ4v) is 1.61. The SMILES string of the molecule is COc1cc(C)ccc1-c1cnoc1C(=O)O. The Morgan fingerprint density at radius 2 is 2.18 bits per heavy atom. The highest BCUT2D eigenvalue weighted by Gasteiger charge is 2.19. The zero-order valence-corrected chi connectivity index (χ0v) is 9.43. The Kier molecular flexibility index (Phi) is 2.82. The maximum absolute atomic E-state index is 10.9. The van der Waals surface area contributed by atoms with Crippen molar-refractivity contribution < 1.29 is 19.2 Å². The van der Waals surface area contributed by atoms with E-state index in [1.165, 1.54) is 13.3 Å². The third-order valence-corrected chi connectivity index (χ3v) is 2.41. The van der Waals surface area contributed by atoms with Crippen molar-refractivity contribution in [2.24, 2.45) is 0 Å². The van der Waals surface area contributed by atoms with Gasteiger partial charge in [-0.2, -0.15) is 0 Å². The molecule has 0 aliphatic rings. The van der Waals surface area contributed by atoms with Crippen molar-refractivity contribution in [1.29, 1.82) is 0 Å². The van der Waals surface area contributed by atoms with Crippen LogP contribution < -0.4 is 4.74 Å². The first kappa shape index (κ1) is 11.2. The van der Waals surface area contributed by atoms with Gasteiger partial charge in [-0.25, -0.2) is 4.79 Å². The summed E-state index contributed by atoms with van der Waals surface area (Å²) in [5, 5.41) is 12.5. The first-order valence-electron chi connectivity index (χ1n) is 4.96. The summed E-state index contributed by atoms with van der Waals surface area (Å²) < 4.78 is 9.93. The molecule has 0 amide bonds. The summed E-state index contributed by atoms with van der Waals surface area (Å²) in [5.41, 5.74) is 2.09. The third-order valence-electron chi connectivity index (χ3n) is 2.41. The second-order valence-electron chi connectivity index (χ2n) is 3.58. The maximum Gasteiger partial charge on any atom is 0.375 e. The van der Waals surface area contributed by atoms with Crippen LogP contribution in [0.3, 0.4) is 0 Å². The van der Waals surface area contributed by atoms with Gasteiger partial charge < -0.3 is 14.4 Å². The van der Waals surface area contributed by atoms with Gasteiger partial charge in [0, 0.05) is 5.56 Å². The molecule has 0 bridgehead atoms. The van der Waals surface area contributed by atoms with Gasteiger partial charge >= 0.3 is 5.97 Å². The van der Waals surface area contributed by atoms with Gasteiger partial charge in [-0.05, 0) is 18.6 Å². The Bertz CT molecular complexity index is 559. The number of benzene rings is 1. The molecule has 1 heterocycles. The predicted octanol–water partition coefficient (Wildman–Crippen LogP) is 2.36. The summed E-state index contributed by atoms with van der Waals surface area (Å²) in [6.45, 7) is 1.93. The van der Waals surface area contributed by atoms with E-state index in [9.17, 15) is 4.79 Å². The molecular weight excluding hydrogens is 222 g/mol. The Labute approximate surface area is 97.6 Å². The molecule has 0 saturated carbocycles. The number of carbonyl (C=O) groups is 1. The summed E-state index contributed by atoms with van der Waals surface area (Å²) >= 11 is 0. The molecule has 17 heavy (non-hydrogen) atoms. The van der Waals surface area contributed by atoms with E-state index in [1.807, 2.05) is 19.1 Å². The lowest BCUT2D eigenvalue weighted by atomic mass is 10.0. The van der Waals surface area contributed by atoms with E-state index in [4.69, 9.17) is 14.4 Å². The highest BCUT2D eigenvalue weighted by Crippen LogP contribution is 2.32. The van der Waals surface area contributed by atoms with Crippen molar-refractivity contribution in [1.82, 2.24) is 5.16 Å². The van der Waals surface area contributed by atoms with Crippen LogP contribution >= 0.6 is 0 Å². The number of hydrogen-bond acceptors (Lipinski definition) is 4. The summed E-state index contributed by atoms with van der Waals surface area (Å²) in [4.78, 5) is 10.9. The molecule has 0 fully saturated rings. The molecule has 0 saturated heterocycles. The fourth-order valence-electron chi connectivity index (χ4n) is 1.61. The lowest BCUT2D eigenvalue weighted by molar-refractivity contribution is 0.0653. The number of nitrogens with zero attached hydrogens (tertiary/aromatic N) is 1. The lowest BCUT2D eigenvalue weighted by Gasteiger charge is -2.07. The molecule has 5 heteroatoms. The summed E-state index contributed by atoms with van der Waals surface area (Å²) in [6.07, 6.45) is 1.37. The number of aromatic carboxylic acids is 1. The molecular formula is C12H11NO4. The normalized spacial score (nSPS) is 10.2. The smallest absolute Gasteiger partial charge is 0.375 e. The second-order valence-corrected chi connectivity index (χ2v) is 3.58. The number of carboxylic acids is 1. The summed E-state index contributed by atoms with van der Waals surface area (Å²) in [5.74, 6) is -0.747. The molecule has 0 spiro atoms. The number of aromatic nitrogens is 1. The first-order chi connectivity index (χ1) is 8.13. The van der Waals surface area contributed by atoms with Crippen LogP contribution in [0.5, 0.6) is 5.75 Å². The zero-order chi connectivity index (χ0) is 12.4. The van der Waals surface area contributed by atoms with Crippen LogP contribution in [0.1, 0.15) is 16.1 Å². The van der Waals surface area contributed by atoms with Crippen LogP contribution in [0.25, 0.3) is 11.1 Å². The Hall–Kier alpha value is -2.30. The van der Waals surface area contributed by atoms with Crippen LogP contribution in [-0.2, 0) is 0 Å². The van der Waals surface area contributed by atoms with Gasteiger partial charge in [0.25, 0.3) is 5.76 Å². The van der Waals surface area contributed by atoms with E-state index in [0.717, 1.165) is 5.56 Å². The van der Waals surface area contributed by atoms with Gasteiger partial charge in [0.15, 0.2) is 0 Å². The van der Waals surface area contributed by atoms with Gasteiger partial charge in [-0.15, -0.1) is 0 Å². The molecule has 0 aliphatic carbocycles. The first-order valence-corrected chi connectivity index (χ1v) is 4.96. The van der Waals surface area contributed by atoms with E-state index in [0.29, 0.717) is 16.9 Å². The van der Waals surface area contributed by atoms with Crippen molar-refractivity contribution in [3.05, 3.63) is 35.7 Å². The van der Waals surface area contributed by atoms with Crippen molar-refractivity contribution in [2.75, 3.05) is 7.11 Å². The lowest BCUT2D eigenvalue weighted by Crippen LogP contribution is -1.97. The van der Waals surface area contributed by atoms with Gasteiger partial charge in [0.2, 0.25) is 0 Å². The predicted molar refractivity (Wildman–Crippen MR) is 60.2 cm³/mol. The third kappa shape index (κ3) is 1.99. The average molecular weight is 233 g/mol. The van der Waals surface area contributed by atoms with E-state index in [1.54, 1.807) is 6.07 Å². The fraction of sp³-hybridized carbons (Fsp3) is 0.167. The second kappa shape index (κ2) is 4.29. The van der Waals surface area contributed by atoms with Crippen molar-refractivity contribution in [2.45, 2.75) is 6.92 Å². The van der Waals surface area contributed by atoms with E-state index >= 15 is 0 Å². The quantitative estimate of drug-likeness (QED) is 0.880. The Balaban J connectivity index is 2.60. The zero-order valence-electron chi connectivity index (χ0n) is 9.43. The monoisotopic (exact) mass is 233 g/mol. The highest BCUT2D eigenvalue weighted by atomic mass is 16.5. The van der Waals surface area contributed by atoms with Crippen molar-refractivity contribution in [3.63, 3.8) is 0 Å². The van der Waals surface area contributed by atoms with Gasteiger partial charge in [-0.3, -0.25) is 0 Å². The van der Waals surface area contributed by atoms with Crippen LogP contribution in [0.2, 0.25) is 0 Å². The number of aryl methyl sites for hydroxylation is 1. The van der Waals surface area contributed by atoms with Gasteiger partial charge in [0.05, 0.1) is 18.9 Å². The molecule has 2 aromatic rings. The molecule has 0 unspecified atom stereocenters. The minimum Gasteiger partial charge on any atom is -0.496 e. The van der Waals surface area contributed by atoms with E-state index in [-0.39, 0.29) is 5.76 Å². The Morgan fingerprint density at radius 3 is 2.82 bits per heavy atom. The van der Waals surface area contributed by atoms with E-state index < -0.39 is 5.97 Å². The molecule has 0 radical (unpaired) electrons. The Morgan fingerprint density at radius 1 is 1.41 bits per heavy atom. The number of carboxylic acid groups (broad SMARTS) is 1. The van der Waals surface area contributed by atoms with E-state index in [2.05, 4.69) is 5.16 Å². The standard InChI is InChI=1S/C12H11NO4/c1-7-3-4-8(10(5-7)16-2)9-6-13-17-11(9)12(14)15/h3-6H,1-2H3,(H,14,15). The number of ether oxygens (including phenoxy) is 1. The van der Waals surface area contributed by atoms with Crippen LogP contribution in [0.15, 0.2) is 28.9 Å². The molecule has 0 atom stereocenters. The van der Waals surface area contributed by atoms with Crippen molar-refractivity contribution in [3.8, 4) is 16.9 Å². The molecule has 1 aromatic carbocycles. The summed E-state index contributed by atoms with van der Waals surface area (Å²) in [6, 6.07) is 5.48. The maximum atomic E-state index is 10.9. The molecule has 0 aliphatic heterocycles. The largest absolute Gasteiger partial charge is 0.496 e. The highest BCUT2D eigenvalue weighted by molar-refractivity contribution is 5.93. The number of methoxy groups -OCH3 is 1. The molecule has 5 nitrogen and oxygen atoms in total. The topological polar surface area (TPSA) is 72.6 Å². The summed E-state index contributed by atoms with van der Waals surface area (Å²) in [7, 11) is 1.53. The number of hydrogen-bond donors (Lipinski definition) is 1. The molecule has 2 rings (SSSR count).